The quantitative estimate of drug-likeness (QED) is 0.733. The monoisotopic (exact) mass is 248 g/mol. The van der Waals surface area contributed by atoms with Gasteiger partial charge in [0.25, 0.3) is 0 Å². The van der Waals surface area contributed by atoms with Gasteiger partial charge < -0.3 is 0 Å². The molecule has 2 bridgehead atoms. The van der Waals surface area contributed by atoms with Crippen molar-refractivity contribution in [3.05, 3.63) is 35.4 Å². The highest BCUT2D eigenvalue weighted by Gasteiger charge is 2.67. The number of fused-ring (bicyclic) bond motifs is 5. The fourth-order valence-electron chi connectivity index (χ4n) is 4.56. The van der Waals surface area contributed by atoms with Crippen LogP contribution >= 0.6 is 0 Å². The number of carbonyl (C=O) groups is 1. The Balaban J connectivity index is 1.62. The summed E-state index contributed by atoms with van der Waals surface area (Å²) in [7, 11) is 0. The van der Waals surface area contributed by atoms with Gasteiger partial charge in [-0.1, -0.05) is 0 Å². The van der Waals surface area contributed by atoms with E-state index in [1.807, 2.05) is 0 Å². The Kier molecular flexibility index (Phi) is 2.01. The fraction of sp³-hybridized carbons (Fsp3) is 0.533. The zero-order valence-corrected chi connectivity index (χ0v) is 9.90. The molecule has 3 fully saturated rings. The molecule has 3 heteroatoms. The number of Topliss-reactive ketones (excluding diaryl/α,β-unsaturated/α-hetero) is 1. The van der Waals surface area contributed by atoms with Crippen molar-refractivity contribution in [3.8, 4) is 0 Å². The van der Waals surface area contributed by atoms with E-state index in [2.05, 4.69) is 0 Å². The Morgan fingerprint density at radius 1 is 1.00 bits per heavy atom. The van der Waals surface area contributed by atoms with Crippen LogP contribution in [-0.4, -0.2) is 5.78 Å². The summed E-state index contributed by atoms with van der Waals surface area (Å²) in [6, 6.07) is 3.15. The highest BCUT2D eigenvalue weighted by Crippen LogP contribution is 2.69. The molecule has 1 nitrogen and oxygen atoms in total. The Labute approximate surface area is 104 Å². The van der Waals surface area contributed by atoms with E-state index in [-0.39, 0.29) is 17.3 Å². The number of hydrogen-bond acceptors (Lipinski definition) is 1. The van der Waals surface area contributed by atoms with Gasteiger partial charge in [-0.15, -0.1) is 0 Å². The molecule has 0 aliphatic heterocycles. The van der Waals surface area contributed by atoms with E-state index in [0.29, 0.717) is 23.7 Å². The second-order valence-corrected chi connectivity index (χ2v) is 6.04. The Morgan fingerprint density at radius 3 is 2.11 bits per heavy atom. The number of ketones is 1. The molecule has 18 heavy (non-hydrogen) atoms. The van der Waals surface area contributed by atoms with E-state index in [1.54, 1.807) is 0 Å². The topological polar surface area (TPSA) is 17.1 Å². The predicted octanol–water partition coefficient (Wildman–Crippen LogP) is 3.44. The summed E-state index contributed by atoms with van der Waals surface area (Å²) in [6.45, 7) is 0. The van der Waals surface area contributed by atoms with Crippen LogP contribution in [0.15, 0.2) is 18.2 Å². The minimum absolute atomic E-state index is 0.0417. The fourth-order valence-corrected chi connectivity index (χ4v) is 4.56. The van der Waals surface area contributed by atoms with E-state index in [0.717, 1.165) is 6.07 Å². The normalized spacial score (nSPS) is 39.8. The molecule has 4 unspecified atom stereocenters. The van der Waals surface area contributed by atoms with E-state index in [1.165, 1.54) is 31.4 Å². The van der Waals surface area contributed by atoms with Crippen LogP contribution in [0.2, 0.25) is 0 Å². The summed E-state index contributed by atoms with van der Waals surface area (Å²) in [6.07, 6.45) is 3.76. The van der Waals surface area contributed by atoms with Crippen LogP contribution in [0.1, 0.15) is 29.6 Å². The lowest BCUT2D eigenvalue weighted by Gasteiger charge is -2.08. The Hall–Kier alpha value is -1.25. The van der Waals surface area contributed by atoms with Crippen LogP contribution in [0.4, 0.5) is 8.78 Å². The van der Waals surface area contributed by atoms with Crippen LogP contribution in [0.3, 0.4) is 0 Å². The molecular weight excluding hydrogens is 234 g/mol. The summed E-state index contributed by atoms with van der Waals surface area (Å²) in [4.78, 5) is 12.3. The maximum atomic E-state index is 13.1. The van der Waals surface area contributed by atoms with Crippen molar-refractivity contribution < 1.29 is 13.6 Å². The predicted molar refractivity (Wildman–Crippen MR) is 62.0 cm³/mol. The summed E-state index contributed by atoms with van der Waals surface area (Å²) in [5.41, 5.74) is 0.214. The molecule has 4 atom stereocenters. The summed E-state index contributed by atoms with van der Waals surface area (Å²) >= 11 is 0. The molecule has 0 heterocycles. The molecule has 4 rings (SSSR count). The molecule has 1 aromatic rings. The smallest absolute Gasteiger partial charge is 0.166 e. The number of rotatable bonds is 2. The van der Waals surface area contributed by atoms with Crippen molar-refractivity contribution in [3.63, 3.8) is 0 Å². The molecule has 3 saturated carbocycles. The molecule has 1 aromatic carbocycles. The molecule has 3 aliphatic carbocycles. The molecule has 3 aliphatic rings. The lowest BCUT2D eigenvalue weighted by molar-refractivity contribution is 0.0943. The largest absolute Gasteiger partial charge is 0.294 e. The van der Waals surface area contributed by atoms with E-state index >= 15 is 0 Å². The lowest BCUT2D eigenvalue weighted by atomic mass is 9.96. The Bertz CT molecular complexity index is 503. The number of halogens is 2. The minimum atomic E-state index is -0.660. The molecule has 0 amide bonds. The maximum absolute atomic E-state index is 13.1. The number of benzene rings is 1. The highest BCUT2D eigenvalue weighted by atomic mass is 19.1. The van der Waals surface area contributed by atoms with Crippen molar-refractivity contribution in [2.75, 3.05) is 0 Å². The third kappa shape index (κ3) is 1.33. The molecular formula is C15H14F2O. The third-order valence-corrected chi connectivity index (χ3v) is 5.19. The zero-order valence-electron chi connectivity index (χ0n) is 9.90. The first-order chi connectivity index (χ1) is 8.65. The molecule has 94 valence electrons. The molecule has 0 spiro atoms. The minimum Gasteiger partial charge on any atom is -0.294 e. The van der Waals surface area contributed by atoms with Gasteiger partial charge in [0.15, 0.2) is 5.78 Å². The molecule has 0 aromatic heterocycles. The van der Waals surface area contributed by atoms with Crippen LogP contribution in [0.5, 0.6) is 0 Å². The summed E-state index contributed by atoms with van der Waals surface area (Å²) < 4.78 is 26.3. The van der Waals surface area contributed by atoms with Crippen LogP contribution < -0.4 is 0 Å². The second-order valence-electron chi connectivity index (χ2n) is 6.04. The maximum Gasteiger partial charge on any atom is 0.166 e. The average Bonchev–Trinajstić information content (AvgIpc) is 2.74. The number of hydrogen-bond donors (Lipinski definition) is 0. The van der Waals surface area contributed by atoms with Gasteiger partial charge in [0, 0.05) is 17.5 Å². The lowest BCUT2D eigenvalue weighted by Crippen LogP contribution is -2.10. The van der Waals surface area contributed by atoms with E-state index < -0.39 is 11.6 Å². The first-order valence-electron chi connectivity index (χ1n) is 6.65. The van der Waals surface area contributed by atoms with Crippen molar-refractivity contribution in [2.24, 2.45) is 29.6 Å². The van der Waals surface area contributed by atoms with Gasteiger partial charge in [-0.25, -0.2) is 8.78 Å². The standard InChI is InChI=1S/C15H14F2O/c16-10-4-9(5-11(17)6-10)15(18)14-12-7-1-2-8(3-7)13(12)14/h4-8,12-14H,1-3H2. The molecule has 0 saturated heterocycles. The van der Waals surface area contributed by atoms with Crippen molar-refractivity contribution in [2.45, 2.75) is 19.3 Å². The van der Waals surface area contributed by atoms with Gasteiger partial charge in [0.2, 0.25) is 0 Å². The van der Waals surface area contributed by atoms with Gasteiger partial charge in [-0.2, -0.15) is 0 Å². The zero-order chi connectivity index (χ0) is 12.4. The highest BCUT2D eigenvalue weighted by molar-refractivity contribution is 6.00. The van der Waals surface area contributed by atoms with Gasteiger partial charge in [0.1, 0.15) is 11.6 Å². The summed E-state index contributed by atoms with van der Waals surface area (Å²) in [5, 5.41) is 0. The second kappa shape index (κ2) is 3.40. The van der Waals surface area contributed by atoms with Gasteiger partial charge >= 0.3 is 0 Å². The molecule has 0 N–H and O–H groups in total. The van der Waals surface area contributed by atoms with Crippen molar-refractivity contribution >= 4 is 5.78 Å². The Morgan fingerprint density at radius 2 is 1.56 bits per heavy atom. The van der Waals surface area contributed by atoms with Crippen molar-refractivity contribution in [1.82, 2.24) is 0 Å². The van der Waals surface area contributed by atoms with E-state index in [4.69, 9.17) is 0 Å². The van der Waals surface area contributed by atoms with Crippen LogP contribution in [-0.2, 0) is 0 Å². The van der Waals surface area contributed by atoms with E-state index in [9.17, 15) is 13.6 Å². The first-order valence-corrected chi connectivity index (χ1v) is 6.65. The van der Waals surface area contributed by atoms with Crippen molar-refractivity contribution in [1.29, 1.82) is 0 Å². The van der Waals surface area contributed by atoms with Gasteiger partial charge in [0.05, 0.1) is 0 Å². The number of carbonyl (C=O) groups excluding carboxylic acids is 1. The van der Waals surface area contributed by atoms with Gasteiger partial charge in [-0.3, -0.25) is 4.79 Å². The first kappa shape index (κ1) is 10.7. The molecule has 0 radical (unpaired) electrons. The summed E-state index contributed by atoms with van der Waals surface area (Å²) in [5.74, 6) is 1.13. The SMILES string of the molecule is O=C(c1cc(F)cc(F)c1)C1C2C3CCC(C3)C12. The average molecular weight is 248 g/mol. The third-order valence-electron chi connectivity index (χ3n) is 5.19. The van der Waals surface area contributed by atoms with Crippen LogP contribution in [0.25, 0.3) is 0 Å². The van der Waals surface area contributed by atoms with Gasteiger partial charge in [-0.05, 0) is 55.1 Å². The van der Waals surface area contributed by atoms with Crippen LogP contribution in [0, 0.1) is 41.2 Å².